The molecule has 3 nitrogen and oxygen atoms in total. The topological polar surface area (TPSA) is 42.1 Å². The van der Waals surface area contributed by atoms with Crippen molar-refractivity contribution in [2.24, 2.45) is 5.73 Å². The Kier molecular flexibility index (Phi) is 3.80. The molecular weight excluding hydrogens is 266 g/mol. The molecule has 1 fully saturated rings. The molecule has 0 atom stereocenters. The highest BCUT2D eigenvalue weighted by molar-refractivity contribution is 7.18. The second-order valence-electron chi connectivity index (χ2n) is 6.56. The van der Waals surface area contributed by atoms with Crippen molar-refractivity contribution in [2.45, 2.75) is 38.1 Å². The third-order valence-corrected chi connectivity index (χ3v) is 5.08. The third kappa shape index (κ3) is 3.19. The van der Waals surface area contributed by atoms with Crippen LogP contribution in [0.25, 0.3) is 10.2 Å². The number of benzene rings is 1. The van der Waals surface area contributed by atoms with Crippen molar-refractivity contribution >= 4 is 21.6 Å². The van der Waals surface area contributed by atoms with Crippen LogP contribution in [0, 0.1) is 0 Å². The molecule has 0 bridgehead atoms. The Morgan fingerprint density at radius 3 is 2.65 bits per heavy atom. The summed E-state index contributed by atoms with van der Waals surface area (Å²) in [5.74, 6) is 0.629. The Morgan fingerprint density at radius 2 is 2.00 bits per heavy atom. The van der Waals surface area contributed by atoms with Gasteiger partial charge in [0.1, 0.15) is 0 Å². The van der Waals surface area contributed by atoms with Gasteiger partial charge in [0.25, 0.3) is 0 Å². The number of nitrogens with zero attached hydrogens (tertiary/aromatic N) is 2. The number of aromatic nitrogens is 1. The standard InChI is InChI=1S/C16H23N3S/c1-16(2,17)11-19-9-7-12(8-10-19)15-18-13-5-3-4-6-14(13)20-15/h3-6,12H,7-11,17H2,1-2H3. The monoisotopic (exact) mass is 289 g/mol. The van der Waals surface area contributed by atoms with Crippen LogP contribution < -0.4 is 5.73 Å². The van der Waals surface area contributed by atoms with E-state index in [0.717, 1.165) is 25.2 Å². The lowest BCUT2D eigenvalue weighted by atomic mass is 9.96. The lowest BCUT2D eigenvalue weighted by Gasteiger charge is -2.35. The molecule has 2 N–H and O–H groups in total. The molecule has 0 amide bonds. The number of rotatable bonds is 3. The molecule has 1 aliphatic heterocycles. The Balaban J connectivity index is 1.66. The quantitative estimate of drug-likeness (QED) is 0.943. The van der Waals surface area contributed by atoms with Gasteiger partial charge in [0, 0.05) is 18.0 Å². The van der Waals surface area contributed by atoms with Crippen molar-refractivity contribution in [1.82, 2.24) is 9.88 Å². The minimum Gasteiger partial charge on any atom is -0.324 e. The first-order valence-corrected chi connectivity index (χ1v) is 8.20. The van der Waals surface area contributed by atoms with Crippen LogP contribution in [-0.4, -0.2) is 35.1 Å². The van der Waals surface area contributed by atoms with Gasteiger partial charge < -0.3 is 10.6 Å². The number of fused-ring (bicyclic) bond motifs is 1. The minimum absolute atomic E-state index is 0.0945. The second kappa shape index (κ2) is 5.43. The van der Waals surface area contributed by atoms with Crippen LogP contribution in [-0.2, 0) is 0 Å². The van der Waals surface area contributed by atoms with Crippen molar-refractivity contribution in [2.75, 3.05) is 19.6 Å². The Hall–Kier alpha value is -0.970. The van der Waals surface area contributed by atoms with Crippen molar-refractivity contribution < 1.29 is 0 Å². The van der Waals surface area contributed by atoms with Gasteiger partial charge in [0.15, 0.2) is 0 Å². The van der Waals surface area contributed by atoms with Crippen LogP contribution in [0.15, 0.2) is 24.3 Å². The lowest BCUT2D eigenvalue weighted by molar-refractivity contribution is 0.179. The molecule has 0 spiro atoms. The molecule has 1 aromatic heterocycles. The van der Waals surface area contributed by atoms with Gasteiger partial charge in [-0.2, -0.15) is 0 Å². The molecule has 108 valence electrons. The van der Waals surface area contributed by atoms with Crippen molar-refractivity contribution in [1.29, 1.82) is 0 Å². The Bertz CT molecular complexity index is 544. The van der Waals surface area contributed by atoms with E-state index in [4.69, 9.17) is 10.7 Å². The maximum atomic E-state index is 6.11. The van der Waals surface area contributed by atoms with Crippen molar-refractivity contribution in [3.8, 4) is 0 Å². The molecular formula is C16H23N3S. The predicted octanol–water partition coefficient (Wildman–Crippen LogP) is 3.21. The fourth-order valence-corrected chi connectivity index (χ4v) is 4.12. The zero-order valence-electron chi connectivity index (χ0n) is 12.3. The van der Waals surface area contributed by atoms with Crippen molar-refractivity contribution in [3.63, 3.8) is 0 Å². The maximum Gasteiger partial charge on any atom is 0.0970 e. The van der Waals surface area contributed by atoms with Gasteiger partial charge in [0.2, 0.25) is 0 Å². The van der Waals surface area contributed by atoms with Crippen molar-refractivity contribution in [3.05, 3.63) is 29.3 Å². The largest absolute Gasteiger partial charge is 0.324 e. The summed E-state index contributed by atoms with van der Waals surface area (Å²) >= 11 is 1.86. The van der Waals surface area contributed by atoms with Crippen LogP contribution in [0.2, 0.25) is 0 Å². The molecule has 3 rings (SSSR count). The predicted molar refractivity (Wildman–Crippen MR) is 86.3 cm³/mol. The van der Waals surface area contributed by atoms with Gasteiger partial charge in [-0.15, -0.1) is 11.3 Å². The average molecular weight is 289 g/mol. The second-order valence-corrected chi connectivity index (χ2v) is 7.62. The summed E-state index contributed by atoms with van der Waals surface area (Å²) in [4.78, 5) is 7.30. The van der Waals surface area contributed by atoms with E-state index in [2.05, 4.69) is 43.0 Å². The summed E-state index contributed by atoms with van der Waals surface area (Å²) in [6, 6.07) is 8.44. The number of likely N-dealkylation sites (tertiary alicyclic amines) is 1. The fraction of sp³-hybridized carbons (Fsp3) is 0.562. The van der Waals surface area contributed by atoms with Gasteiger partial charge >= 0.3 is 0 Å². The number of hydrogen-bond donors (Lipinski definition) is 1. The van der Waals surface area contributed by atoms with E-state index >= 15 is 0 Å². The first-order chi connectivity index (χ1) is 9.51. The summed E-state index contributed by atoms with van der Waals surface area (Å²) < 4.78 is 1.31. The molecule has 1 aliphatic rings. The molecule has 4 heteroatoms. The summed E-state index contributed by atoms with van der Waals surface area (Å²) in [6.45, 7) is 7.47. The first kappa shape index (κ1) is 14.0. The third-order valence-electron chi connectivity index (χ3n) is 3.88. The molecule has 2 heterocycles. The normalized spacial score (nSPS) is 18.8. The highest BCUT2D eigenvalue weighted by Crippen LogP contribution is 2.33. The maximum absolute atomic E-state index is 6.11. The van der Waals surface area contributed by atoms with E-state index in [-0.39, 0.29) is 5.54 Å². The SMILES string of the molecule is CC(C)(N)CN1CCC(c2nc3ccccc3s2)CC1. The number of nitrogens with two attached hydrogens (primary N) is 1. The van der Waals surface area contributed by atoms with E-state index < -0.39 is 0 Å². The number of para-hydroxylation sites is 1. The van der Waals surface area contributed by atoms with Crippen LogP contribution in [0.1, 0.15) is 37.6 Å². The van der Waals surface area contributed by atoms with Gasteiger partial charge in [-0.25, -0.2) is 4.98 Å². The Labute approximate surface area is 124 Å². The van der Waals surface area contributed by atoms with E-state index in [1.807, 2.05) is 11.3 Å². The van der Waals surface area contributed by atoms with Crippen LogP contribution in [0.5, 0.6) is 0 Å². The zero-order valence-corrected chi connectivity index (χ0v) is 13.1. The minimum atomic E-state index is -0.0945. The van der Waals surface area contributed by atoms with Crippen LogP contribution in [0.3, 0.4) is 0 Å². The molecule has 0 unspecified atom stereocenters. The van der Waals surface area contributed by atoms with Crippen LogP contribution in [0.4, 0.5) is 0 Å². The first-order valence-electron chi connectivity index (χ1n) is 7.38. The summed E-state index contributed by atoms with van der Waals surface area (Å²) in [7, 11) is 0. The van der Waals surface area contributed by atoms with Gasteiger partial charge in [0.05, 0.1) is 15.2 Å². The summed E-state index contributed by atoms with van der Waals surface area (Å²) in [6.07, 6.45) is 2.41. The van der Waals surface area contributed by atoms with Gasteiger partial charge in [-0.05, 0) is 51.9 Å². The highest BCUT2D eigenvalue weighted by atomic mass is 32.1. The van der Waals surface area contributed by atoms with Gasteiger partial charge in [-0.3, -0.25) is 0 Å². The lowest BCUT2D eigenvalue weighted by Crippen LogP contribution is -2.47. The molecule has 2 aromatic rings. The zero-order chi connectivity index (χ0) is 14.2. The molecule has 0 saturated carbocycles. The Morgan fingerprint density at radius 1 is 1.30 bits per heavy atom. The number of thiazole rings is 1. The van der Waals surface area contributed by atoms with Gasteiger partial charge in [-0.1, -0.05) is 12.1 Å². The van der Waals surface area contributed by atoms with Crippen LogP contribution >= 0.6 is 11.3 Å². The molecule has 1 aromatic carbocycles. The van der Waals surface area contributed by atoms with E-state index in [0.29, 0.717) is 5.92 Å². The fourth-order valence-electron chi connectivity index (χ4n) is 2.98. The molecule has 0 aliphatic carbocycles. The highest BCUT2D eigenvalue weighted by Gasteiger charge is 2.25. The summed E-state index contributed by atoms with van der Waals surface area (Å²) in [5, 5.41) is 1.32. The summed E-state index contributed by atoms with van der Waals surface area (Å²) in [5.41, 5.74) is 7.17. The van der Waals surface area contributed by atoms with E-state index in [1.165, 1.54) is 22.5 Å². The number of hydrogen-bond acceptors (Lipinski definition) is 4. The number of piperidine rings is 1. The van der Waals surface area contributed by atoms with E-state index in [9.17, 15) is 0 Å². The van der Waals surface area contributed by atoms with E-state index in [1.54, 1.807) is 0 Å². The molecule has 1 saturated heterocycles. The molecule has 20 heavy (non-hydrogen) atoms. The molecule has 0 radical (unpaired) electrons. The smallest absolute Gasteiger partial charge is 0.0970 e. The average Bonchev–Trinajstić information content (AvgIpc) is 2.81.